The number of hydrogen-bond acceptors (Lipinski definition) is 16. The molecule has 16 nitrogen and oxygen atoms in total. The predicted octanol–water partition coefficient (Wildman–Crippen LogP) is -3.58. The van der Waals surface area contributed by atoms with Crippen LogP contribution in [0.1, 0.15) is 27.2 Å². The smallest absolute Gasteiger partial charge is 0.104 e. The molecule has 0 fully saturated rings. The monoisotopic (exact) mass is 650 g/mol. The lowest BCUT2D eigenvalue weighted by Crippen LogP contribution is -2.36. The van der Waals surface area contributed by atoms with Gasteiger partial charge < -0.3 is 79.1 Å². The Balaban J connectivity index is 5.05. The highest BCUT2D eigenvalue weighted by atomic mass is 16.6. The molecule has 16 heteroatoms. The highest BCUT2D eigenvalue weighted by molar-refractivity contribution is 4.69. The lowest BCUT2D eigenvalue weighted by atomic mass is 9.89. The van der Waals surface area contributed by atoms with Crippen molar-refractivity contribution < 1.29 is 79.1 Å². The molecule has 0 bridgehead atoms. The standard InChI is InChI=1S/C28H58O16/c1-28(2,3)4-20(33)9-38-14-25(42-11-22(35)6-30)16-40-18-27(44-13-24(37)8-32)19-41-17-26(43-12-23(36)7-31)15-39-10-21(34)5-29/h20-27,29-37H,4-19H2,1-3H3. The van der Waals surface area contributed by atoms with Crippen LogP contribution in [-0.2, 0) is 33.2 Å². The first-order chi connectivity index (χ1) is 20.8. The molecular formula is C28H58O16. The Labute approximate surface area is 260 Å². The van der Waals surface area contributed by atoms with Crippen LogP contribution >= 0.6 is 0 Å². The van der Waals surface area contributed by atoms with E-state index in [0.717, 1.165) is 0 Å². The third-order valence-electron chi connectivity index (χ3n) is 5.71. The van der Waals surface area contributed by atoms with Crippen molar-refractivity contribution in [2.24, 2.45) is 5.41 Å². The molecule has 0 spiro atoms. The van der Waals surface area contributed by atoms with Crippen LogP contribution in [0.25, 0.3) is 0 Å². The summed E-state index contributed by atoms with van der Waals surface area (Å²) in [6.45, 7) is 3.15. The fourth-order valence-corrected chi connectivity index (χ4v) is 3.48. The Morgan fingerprint density at radius 3 is 0.909 bits per heavy atom. The molecular weight excluding hydrogens is 592 g/mol. The number of aliphatic hydroxyl groups excluding tert-OH is 9. The quantitative estimate of drug-likeness (QED) is 0.0365. The molecule has 0 aromatic rings. The summed E-state index contributed by atoms with van der Waals surface area (Å²) in [7, 11) is 0. The van der Waals surface area contributed by atoms with Crippen molar-refractivity contribution in [3.05, 3.63) is 0 Å². The minimum Gasteiger partial charge on any atom is -0.394 e. The fourth-order valence-electron chi connectivity index (χ4n) is 3.48. The van der Waals surface area contributed by atoms with Crippen molar-refractivity contribution in [3.8, 4) is 0 Å². The summed E-state index contributed by atoms with van der Waals surface area (Å²) >= 11 is 0. The van der Waals surface area contributed by atoms with Gasteiger partial charge in [0.25, 0.3) is 0 Å². The zero-order chi connectivity index (χ0) is 33.4. The molecule has 0 aromatic carbocycles. The van der Waals surface area contributed by atoms with Gasteiger partial charge in [0.05, 0.1) is 105 Å². The van der Waals surface area contributed by atoms with E-state index in [-0.39, 0.29) is 78.1 Å². The topological polar surface area (TPSA) is 247 Å². The van der Waals surface area contributed by atoms with E-state index < -0.39 is 75.3 Å². The van der Waals surface area contributed by atoms with E-state index in [9.17, 15) is 25.5 Å². The number of hydrogen-bond donors (Lipinski definition) is 9. The minimum atomic E-state index is -1.14. The van der Waals surface area contributed by atoms with Gasteiger partial charge in [-0.05, 0) is 11.8 Å². The molecule has 0 aliphatic rings. The van der Waals surface area contributed by atoms with Gasteiger partial charge >= 0.3 is 0 Å². The Kier molecular flexibility index (Phi) is 26.0. The molecule has 0 radical (unpaired) electrons. The number of aliphatic hydroxyl groups is 9. The Morgan fingerprint density at radius 2 is 0.636 bits per heavy atom. The lowest BCUT2D eigenvalue weighted by molar-refractivity contribution is -0.131. The zero-order valence-corrected chi connectivity index (χ0v) is 26.3. The minimum absolute atomic E-state index is 0.0122. The summed E-state index contributed by atoms with van der Waals surface area (Å²) in [5.41, 5.74) is -0.0873. The van der Waals surface area contributed by atoms with E-state index in [1.54, 1.807) is 0 Å². The molecule has 0 aliphatic carbocycles. The third kappa shape index (κ3) is 25.5. The first kappa shape index (κ1) is 43.4. The predicted molar refractivity (Wildman–Crippen MR) is 155 cm³/mol. The van der Waals surface area contributed by atoms with Gasteiger partial charge in [0.2, 0.25) is 0 Å². The maximum Gasteiger partial charge on any atom is 0.104 e. The molecule has 0 aliphatic heterocycles. The average molecular weight is 651 g/mol. The Morgan fingerprint density at radius 1 is 0.386 bits per heavy atom. The highest BCUT2D eigenvalue weighted by Crippen LogP contribution is 2.20. The van der Waals surface area contributed by atoms with E-state index in [1.807, 2.05) is 20.8 Å². The van der Waals surface area contributed by atoms with Crippen molar-refractivity contribution in [2.45, 2.75) is 76.0 Å². The van der Waals surface area contributed by atoms with E-state index in [4.69, 9.17) is 53.6 Å². The molecule has 0 amide bonds. The van der Waals surface area contributed by atoms with E-state index in [0.29, 0.717) is 6.42 Å². The van der Waals surface area contributed by atoms with Crippen LogP contribution in [0.3, 0.4) is 0 Å². The van der Waals surface area contributed by atoms with Gasteiger partial charge in [0.15, 0.2) is 0 Å². The van der Waals surface area contributed by atoms with Crippen LogP contribution in [0.5, 0.6) is 0 Å². The van der Waals surface area contributed by atoms with E-state index >= 15 is 0 Å². The Hall–Kier alpha value is -0.640. The summed E-state index contributed by atoms with van der Waals surface area (Å²) in [5, 5.41) is 84.9. The second-order valence-corrected chi connectivity index (χ2v) is 11.8. The van der Waals surface area contributed by atoms with Gasteiger partial charge in [-0.25, -0.2) is 0 Å². The van der Waals surface area contributed by atoms with Gasteiger partial charge in [-0.2, -0.15) is 0 Å². The summed E-state index contributed by atoms with van der Waals surface area (Å²) in [6, 6.07) is 0. The van der Waals surface area contributed by atoms with Gasteiger partial charge in [-0.3, -0.25) is 0 Å². The molecule has 8 atom stereocenters. The summed E-state index contributed by atoms with van der Waals surface area (Å²) in [4.78, 5) is 0. The number of rotatable bonds is 30. The maximum atomic E-state index is 10.2. The molecule has 0 rings (SSSR count). The molecule has 9 N–H and O–H groups in total. The molecule has 266 valence electrons. The molecule has 0 heterocycles. The van der Waals surface area contributed by atoms with Crippen molar-refractivity contribution in [2.75, 3.05) is 99.1 Å². The first-order valence-electron chi connectivity index (χ1n) is 14.8. The van der Waals surface area contributed by atoms with Gasteiger partial charge in [0.1, 0.15) is 42.7 Å². The number of ether oxygens (including phenoxy) is 7. The van der Waals surface area contributed by atoms with Crippen LogP contribution in [0, 0.1) is 5.41 Å². The zero-order valence-electron chi connectivity index (χ0n) is 26.3. The molecule has 0 saturated carbocycles. The second kappa shape index (κ2) is 26.4. The van der Waals surface area contributed by atoms with E-state index in [1.165, 1.54) is 0 Å². The molecule has 44 heavy (non-hydrogen) atoms. The summed E-state index contributed by atoms with van der Waals surface area (Å²) in [6.07, 6.45) is -6.69. The van der Waals surface area contributed by atoms with Crippen LogP contribution in [0.15, 0.2) is 0 Å². The maximum absolute atomic E-state index is 10.2. The van der Waals surface area contributed by atoms with Crippen molar-refractivity contribution in [1.29, 1.82) is 0 Å². The first-order valence-corrected chi connectivity index (χ1v) is 14.8. The normalized spacial score (nSPS) is 18.0. The largest absolute Gasteiger partial charge is 0.394 e. The Bertz CT molecular complexity index is 639. The lowest BCUT2D eigenvalue weighted by Gasteiger charge is -2.25. The summed E-state index contributed by atoms with van der Waals surface area (Å²) in [5.74, 6) is 0. The second-order valence-electron chi connectivity index (χ2n) is 11.8. The van der Waals surface area contributed by atoms with Gasteiger partial charge in [0, 0.05) is 0 Å². The van der Waals surface area contributed by atoms with Crippen molar-refractivity contribution in [3.63, 3.8) is 0 Å². The van der Waals surface area contributed by atoms with Crippen LogP contribution in [0.2, 0.25) is 0 Å². The third-order valence-corrected chi connectivity index (χ3v) is 5.71. The van der Waals surface area contributed by atoms with Gasteiger partial charge in [-0.15, -0.1) is 0 Å². The fraction of sp³-hybridized carbons (Fsp3) is 1.00. The molecule has 0 aromatic heterocycles. The van der Waals surface area contributed by atoms with Crippen LogP contribution in [-0.4, -0.2) is 194 Å². The van der Waals surface area contributed by atoms with Crippen molar-refractivity contribution in [1.82, 2.24) is 0 Å². The average Bonchev–Trinajstić information content (AvgIpc) is 2.98. The SMILES string of the molecule is CC(C)(C)CC(O)COCC(COCC(COCC(COCC(O)CO)OCC(O)CO)OCC(O)CO)OCC(O)CO. The van der Waals surface area contributed by atoms with Crippen molar-refractivity contribution >= 4 is 0 Å². The summed E-state index contributed by atoms with van der Waals surface area (Å²) < 4.78 is 39.2. The van der Waals surface area contributed by atoms with E-state index in [2.05, 4.69) is 0 Å². The highest BCUT2D eigenvalue weighted by Gasteiger charge is 2.21. The molecule has 0 saturated heterocycles. The van der Waals surface area contributed by atoms with Gasteiger partial charge in [-0.1, -0.05) is 20.8 Å². The van der Waals surface area contributed by atoms with Crippen LogP contribution in [0.4, 0.5) is 0 Å². The molecule has 8 unspecified atom stereocenters. The van der Waals surface area contributed by atoms with Crippen LogP contribution < -0.4 is 0 Å².